The van der Waals surface area contributed by atoms with Crippen molar-refractivity contribution >= 4 is 0 Å². The van der Waals surface area contributed by atoms with Crippen LogP contribution in [0.25, 0.3) is 0 Å². The Balaban J connectivity index is 1.22. The van der Waals surface area contributed by atoms with Gasteiger partial charge in [0, 0.05) is 6.54 Å². The van der Waals surface area contributed by atoms with E-state index in [1.54, 1.807) is 12.1 Å². The molecule has 1 saturated heterocycles. The summed E-state index contributed by atoms with van der Waals surface area (Å²) in [4.78, 5) is 2.52. The number of piperidine rings is 1. The van der Waals surface area contributed by atoms with E-state index in [-0.39, 0.29) is 5.82 Å². The molecule has 0 spiro atoms. The molecule has 2 heteroatoms. The van der Waals surface area contributed by atoms with Gasteiger partial charge in [-0.15, -0.1) is 0 Å². The predicted octanol–water partition coefficient (Wildman–Crippen LogP) is 5.23. The second kappa shape index (κ2) is 7.06. The molecule has 2 aromatic carbocycles. The molecular weight excluding hydrogens is 297 g/mol. The molecule has 0 N–H and O–H groups in total. The lowest BCUT2D eigenvalue weighted by molar-refractivity contribution is 0.168. The number of halogens is 1. The zero-order chi connectivity index (χ0) is 16.4. The van der Waals surface area contributed by atoms with Gasteiger partial charge in [-0.2, -0.15) is 0 Å². The molecule has 2 fully saturated rings. The number of hydrogen-bond donors (Lipinski definition) is 0. The number of likely N-dealkylation sites (tertiary alicyclic amines) is 1. The van der Waals surface area contributed by atoms with Gasteiger partial charge in [-0.05, 0) is 79.8 Å². The Hall–Kier alpha value is -1.67. The Morgan fingerprint density at radius 1 is 0.917 bits per heavy atom. The van der Waals surface area contributed by atoms with E-state index in [0.29, 0.717) is 0 Å². The molecule has 24 heavy (non-hydrogen) atoms. The van der Waals surface area contributed by atoms with Crippen molar-refractivity contribution < 1.29 is 4.39 Å². The Kier molecular flexibility index (Phi) is 4.66. The SMILES string of the molecule is Fc1ccc(CN2CCC(CC3CC3c3ccccc3)CC2)cc1. The highest BCUT2D eigenvalue weighted by Crippen LogP contribution is 2.51. The van der Waals surface area contributed by atoms with Crippen molar-refractivity contribution in [1.82, 2.24) is 4.90 Å². The first-order valence-electron chi connectivity index (χ1n) is 9.29. The summed E-state index contributed by atoms with van der Waals surface area (Å²) in [6.45, 7) is 3.33. The highest BCUT2D eigenvalue weighted by Gasteiger charge is 2.39. The van der Waals surface area contributed by atoms with Gasteiger partial charge >= 0.3 is 0 Å². The van der Waals surface area contributed by atoms with Crippen LogP contribution in [0.2, 0.25) is 0 Å². The summed E-state index contributed by atoms with van der Waals surface area (Å²) in [5, 5.41) is 0. The highest BCUT2D eigenvalue weighted by atomic mass is 19.1. The van der Waals surface area contributed by atoms with Crippen LogP contribution >= 0.6 is 0 Å². The summed E-state index contributed by atoms with van der Waals surface area (Å²) in [6.07, 6.45) is 5.43. The molecule has 0 bridgehead atoms. The molecule has 1 heterocycles. The van der Waals surface area contributed by atoms with E-state index >= 15 is 0 Å². The molecule has 2 unspecified atom stereocenters. The molecule has 0 amide bonds. The monoisotopic (exact) mass is 323 g/mol. The van der Waals surface area contributed by atoms with Gasteiger partial charge in [-0.1, -0.05) is 42.5 Å². The Morgan fingerprint density at radius 2 is 1.62 bits per heavy atom. The number of benzene rings is 2. The lowest BCUT2D eigenvalue weighted by atomic mass is 9.90. The highest BCUT2D eigenvalue weighted by molar-refractivity contribution is 5.25. The van der Waals surface area contributed by atoms with E-state index in [9.17, 15) is 4.39 Å². The minimum absolute atomic E-state index is 0.144. The fourth-order valence-electron chi connectivity index (χ4n) is 4.27. The van der Waals surface area contributed by atoms with Gasteiger partial charge in [-0.3, -0.25) is 4.90 Å². The van der Waals surface area contributed by atoms with Crippen LogP contribution in [-0.4, -0.2) is 18.0 Å². The van der Waals surface area contributed by atoms with E-state index in [0.717, 1.165) is 24.3 Å². The molecule has 1 aliphatic heterocycles. The van der Waals surface area contributed by atoms with Gasteiger partial charge in [0.25, 0.3) is 0 Å². The number of hydrogen-bond acceptors (Lipinski definition) is 1. The molecule has 0 aromatic heterocycles. The minimum atomic E-state index is -0.144. The molecule has 126 valence electrons. The predicted molar refractivity (Wildman–Crippen MR) is 96.3 cm³/mol. The van der Waals surface area contributed by atoms with E-state index in [4.69, 9.17) is 0 Å². The molecule has 0 radical (unpaired) electrons. The first-order chi connectivity index (χ1) is 11.8. The third-order valence-corrected chi connectivity index (χ3v) is 5.81. The van der Waals surface area contributed by atoms with E-state index in [1.165, 1.54) is 49.9 Å². The Morgan fingerprint density at radius 3 is 2.33 bits per heavy atom. The summed E-state index contributed by atoms with van der Waals surface area (Å²) in [6, 6.07) is 18.0. The third kappa shape index (κ3) is 3.87. The van der Waals surface area contributed by atoms with Gasteiger partial charge in [0.1, 0.15) is 5.82 Å². The molecule has 2 aromatic rings. The summed E-state index contributed by atoms with van der Waals surface area (Å²) < 4.78 is 13.0. The normalized spacial score (nSPS) is 24.9. The van der Waals surface area contributed by atoms with E-state index in [2.05, 4.69) is 35.2 Å². The largest absolute Gasteiger partial charge is 0.299 e. The quantitative estimate of drug-likeness (QED) is 0.728. The van der Waals surface area contributed by atoms with Crippen LogP contribution in [0.5, 0.6) is 0 Å². The maximum absolute atomic E-state index is 13.0. The van der Waals surface area contributed by atoms with Crippen molar-refractivity contribution in [3.8, 4) is 0 Å². The molecule has 1 nitrogen and oxygen atoms in total. The van der Waals surface area contributed by atoms with Gasteiger partial charge in [0.15, 0.2) is 0 Å². The van der Waals surface area contributed by atoms with Crippen LogP contribution in [-0.2, 0) is 6.54 Å². The Bertz CT molecular complexity index is 643. The first kappa shape index (κ1) is 15.8. The zero-order valence-corrected chi connectivity index (χ0v) is 14.2. The maximum atomic E-state index is 13.0. The van der Waals surface area contributed by atoms with Crippen molar-refractivity contribution in [2.24, 2.45) is 11.8 Å². The smallest absolute Gasteiger partial charge is 0.123 e. The molecule has 1 saturated carbocycles. The molecule has 2 atom stereocenters. The van der Waals surface area contributed by atoms with E-state index in [1.807, 2.05) is 12.1 Å². The topological polar surface area (TPSA) is 3.24 Å². The molecule has 1 aliphatic carbocycles. The average Bonchev–Trinajstić information content (AvgIpc) is 3.39. The summed E-state index contributed by atoms with van der Waals surface area (Å²) in [5.41, 5.74) is 2.76. The van der Waals surface area contributed by atoms with Crippen LogP contribution in [0.4, 0.5) is 4.39 Å². The fraction of sp³-hybridized carbons (Fsp3) is 0.455. The molecular formula is C22H26FN. The van der Waals surface area contributed by atoms with Crippen molar-refractivity contribution in [1.29, 1.82) is 0 Å². The lowest BCUT2D eigenvalue weighted by Gasteiger charge is -2.32. The summed E-state index contributed by atoms with van der Waals surface area (Å²) >= 11 is 0. The van der Waals surface area contributed by atoms with Crippen LogP contribution in [0.3, 0.4) is 0 Å². The maximum Gasteiger partial charge on any atom is 0.123 e. The minimum Gasteiger partial charge on any atom is -0.299 e. The van der Waals surface area contributed by atoms with Gasteiger partial charge < -0.3 is 0 Å². The van der Waals surface area contributed by atoms with E-state index < -0.39 is 0 Å². The average molecular weight is 323 g/mol. The van der Waals surface area contributed by atoms with Gasteiger partial charge in [0.2, 0.25) is 0 Å². The second-order valence-corrected chi connectivity index (χ2v) is 7.59. The van der Waals surface area contributed by atoms with Crippen LogP contribution in [0.1, 0.15) is 42.7 Å². The van der Waals surface area contributed by atoms with Crippen molar-refractivity contribution in [3.05, 3.63) is 71.5 Å². The molecule has 2 aliphatic rings. The molecule has 4 rings (SSSR count). The standard InChI is InChI=1S/C22H26FN/c23-21-8-6-18(7-9-21)16-24-12-10-17(11-13-24)14-20-15-22(20)19-4-2-1-3-5-19/h1-9,17,20,22H,10-16H2. The third-order valence-electron chi connectivity index (χ3n) is 5.81. The first-order valence-corrected chi connectivity index (χ1v) is 9.29. The van der Waals surface area contributed by atoms with Crippen molar-refractivity contribution in [2.75, 3.05) is 13.1 Å². The summed E-state index contributed by atoms with van der Waals surface area (Å²) in [5.74, 6) is 2.49. The van der Waals surface area contributed by atoms with Crippen LogP contribution in [0.15, 0.2) is 54.6 Å². The van der Waals surface area contributed by atoms with Crippen LogP contribution < -0.4 is 0 Å². The van der Waals surface area contributed by atoms with Gasteiger partial charge in [-0.25, -0.2) is 4.39 Å². The van der Waals surface area contributed by atoms with Crippen molar-refractivity contribution in [2.45, 2.75) is 38.1 Å². The number of rotatable bonds is 5. The lowest BCUT2D eigenvalue weighted by Crippen LogP contribution is -2.33. The zero-order valence-electron chi connectivity index (χ0n) is 14.2. The Labute approximate surface area is 144 Å². The fourth-order valence-corrected chi connectivity index (χ4v) is 4.27. The van der Waals surface area contributed by atoms with Gasteiger partial charge in [0.05, 0.1) is 0 Å². The van der Waals surface area contributed by atoms with Crippen LogP contribution in [0, 0.1) is 17.7 Å². The number of nitrogens with zero attached hydrogens (tertiary/aromatic N) is 1. The summed E-state index contributed by atoms with van der Waals surface area (Å²) in [7, 11) is 0. The van der Waals surface area contributed by atoms with Crippen molar-refractivity contribution in [3.63, 3.8) is 0 Å². The second-order valence-electron chi connectivity index (χ2n) is 7.59.